The van der Waals surface area contributed by atoms with E-state index in [9.17, 15) is 9.59 Å². The molecular formula is C21H19Cl2N7O2. The van der Waals surface area contributed by atoms with Crippen molar-refractivity contribution in [2.24, 2.45) is 0 Å². The molecule has 11 heteroatoms. The van der Waals surface area contributed by atoms with Gasteiger partial charge >= 0.3 is 11.8 Å². The van der Waals surface area contributed by atoms with Gasteiger partial charge in [-0.1, -0.05) is 35.9 Å². The van der Waals surface area contributed by atoms with Gasteiger partial charge in [0.25, 0.3) is 0 Å². The summed E-state index contributed by atoms with van der Waals surface area (Å²) in [7, 11) is 0. The van der Waals surface area contributed by atoms with E-state index in [4.69, 9.17) is 17.3 Å². The summed E-state index contributed by atoms with van der Waals surface area (Å²) in [5.74, 6) is -1.30. The Morgan fingerprint density at radius 3 is 2.59 bits per heavy atom. The predicted molar refractivity (Wildman–Crippen MR) is 124 cm³/mol. The number of amides is 2. The molecule has 164 valence electrons. The van der Waals surface area contributed by atoms with Crippen LogP contribution in [0.5, 0.6) is 0 Å². The molecule has 0 spiro atoms. The van der Waals surface area contributed by atoms with Gasteiger partial charge in [0.1, 0.15) is 5.82 Å². The smallest absolute Gasteiger partial charge is 0.314 e. The standard InChI is InChI=1S/C21H18ClN7O2.ClH/c22-16-7-2-1-5-13(16)11-29(12-14-6-3-4-8-24-14)21(31)20(30)27-17-10-25-19(23)15-9-26-28-18(15)17;/h1-10H,11-12H2,(H2,23,25)(H,26,28)(H,27,30);1H. The van der Waals surface area contributed by atoms with E-state index in [2.05, 4.69) is 25.5 Å². The molecular weight excluding hydrogens is 453 g/mol. The molecule has 2 amide bonds. The molecule has 4 aromatic rings. The van der Waals surface area contributed by atoms with Crippen LogP contribution in [0.4, 0.5) is 11.5 Å². The Labute approximate surface area is 194 Å². The number of fused-ring (bicyclic) bond motifs is 1. The minimum absolute atomic E-state index is 0. The van der Waals surface area contributed by atoms with Crippen molar-refractivity contribution in [2.75, 3.05) is 11.1 Å². The first-order valence-corrected chi connectivity index (χ1v) is 9.72. The second-order valence-corrected chi connectivity index (χ2v) is 7.15. The Balaban J connectivity index is 0.00000289. The second kappa shape index (κ2) is 10.1. The topological polar surface area (TPSA) is 130 Å². The lowest BCUT2D eigenvalue weighted by Gasteiger charge is -2.22. The number of hydrogen-bond donors (Lipinski definition) is 3. The van der Waals surface area contributed by atoms with Crippen molar-refractivity contribution in [2.45, 2.75) is 13.1 Å². The number of aromatic amines is 1. The first kappa shape index (κ1) is 23.0. The maximum atomic E-state index is 13.1. The first-order chi connectivity index (χ1) is 15.0. The van der Waals surface area contributed by atoms with Crippen molar-refractivity contribution in [3.05, 3.63) is 77.3 Å². The van der Waals surface area contributed by atoms with Crippen LogP contribution in [0.3, 0.4) is 0 Å². The molecule has 0 fully saturated rings. The van der Waals surface area contributed by atoms with Crippen LogP contribution < -0.4 is 11.1 Å². The van der Waals surface area contributed by atoms with Crippen LogP contribution in [0.25, 0.3) is 10.9 Å². The normalized spacial score (nSPS) is 10.4. The molecule has 0 radical (unpaired) electrons. The first-order valence-electron chi connectivity index (χ1n) is 9.34. The van der Waals surface area contributed by atoms with Gasteiger partial charge in [0, 0.05) is 17.8 Å². The number of nitrogens with two attached hydrogens (primary N) is 1. The van der Waals surface area contributed by atoms with Crippen LogP contribution in [-0.4, -0.2) is 36.9 Å². The van der Waals surface area contributed by atoms with Crippen molar-refractivity contribution >= 4 is 58.2 Å². The molecule has 3 heterocycles. The number of nitrogens with zero attached hydrogens (tertiary/aromatic N) is 4. The van der Waals surface area contributed by atoms with Gasteiger partial charge in [0.05, 0.1) is 41.2 Å². The number of pyridine rings is 2. The fourth-order valence-electron chi connectivity index (χ4n) is 3.09. The van der Waals surface area contributed by atoms with Crippen LogP contribution in [0.1, 0.15) is 11.3 Å². The lowest BCUT2D eigenvalue weighted by Crippen LogP contribution is -2.39. The Hall–Kier alpha value is -3.69. The number of rotatable bonds is 5. The molecule has 0 unspecified atom stereocenters. The van der Waals surface area contributed by atoms with Gasteiger partial charge in [-0.05, 0) is 23.8 Å². The molecule has 0 saturated carbocycles. The fraction of sp³-hybridized carbons (Fsp3) is 0.0952. The fourth-order valence-corrected chi connectivity index (χ4v) is 3.28. The summed E-state index contributed by atoms with van der Waals surface area (Å²) in [5, 5.41) is 10.3. The third kappa shape index (κ3) is 4.96. The van der Waals surface area contributed by atoms with E-state index in [0.717, 1.165) is 0 Å². The highest BCUT2D eigenvalue weighted by atomic mass is 35.5. The van der Waals surface area contributed by atoms with Crippen molar-refractivity contribution in [1.29, 1.82) is 0 Å². The molecule has 0 bridgehead atoms. The Morgan fingerprint density at radius 2 is 1.84 bits per heavy atom. The van der Waals surface area contributed by atoms with Crippen LogP contribution in [0.15, 0.2) is 61.1 Å². The molecule has 32 heavy (non-hydrogen) atoms. The van der Waals surface area contributed by atoms with E-state index in [0.29, 0.717) is 32.9 Å². The summed E-state index contributed by atoms with van der Waals surface area (Å²) >= 11 is 6.27. The Morgan fingerprint density at radius 1 is 1.06 bits per heavy atom. The van der Waals surface area contributed by atoms with Gasteiger partial charge in [0.2, 0.25) is 0 Å². The van der Waals surface area contributed by atoms with Gasteiger partial charge in [-0.25, -0.2) is 4.98 Å². The molecule has 4 N–H and O–H groups in total. The highest BCUT2D eigenvalue weighted by Gasteiger charge is 2.24. The molecule has 9 nitrogen and oxygen atoms in total. The van der Waals surface area contributed by atoms with Crippen molar-refractivity contribution in [3.63, 3.8) is 0 Å². The van der Waals surface area contributed by atoms with Gasteiger partial charge in [0.15, 0.2) is 0 Å². The minimum Gasteiger partial charge on any atom is -0.383 e. The van der Waals surface area contributed by atoms with E-state index in [1.807, 2.05) is 12.1 Å². The lowest BCUT2D eigenvalue weighted by molar-refractivity contribution is -0.144. The third-order valence-electron chi connectivity index (χ3n) is 4.65. The molecule has 0 atom stereocenters. The summed E-state index contributed by atoms with van der Waals surface area (Å²) in [5.41, 5.74) is 7.95. The minimum atomic E-state index is -0.828. The van der Waals surface area contributed by atoms with E-state index in [-0.39, 0.29) is 31.3 Å². The molecule has 3 aromatic heterocycles. The zero-order valence-electron chi connectivity index (χ0n) is 16.7. The number of nitrogens with one attached hydrogen (secondary N) is 2. The number of nitrogen functional groups attached to an aromatic ring is 1. The van der Waals surface area contributed by atoms with Gasteiger partial charge in [-0.3, -0.25) is 19.7 Å². The molecule has 1 aromatic carbocycles. The average molecular weight is 472 g/mol. The van der Waals surface area contributed by atoms with Gasteiger partial charge < -0.3 is 16.0 Å². The summed E-state index contributed by atoms with van der Waals surface area (Å²) in [6.07, 6.45) is 4.50. The van der Waals surface area contributed by atoms with Gasteiger partial charge in [-0.15, -0.1) is 12.4 Å². The van der Waals surface area contributed by atoms with Crippen molar-refractivity contribution in [1.82, 2.24) is 25.1 Å². The number of carbonyl (C=O) groups is 2. The van der Waals surface area contributed by atoms with Crippen molar-refractivity contribution in [3.8, 4) is 0 Å². The number of hydrogen-bond acceptors (Lipinski definition) is 6. The molecule has 0 aliphatic rings. The summed E-state index contributed by atoms with van der Waals surface area (Å²) < 4.78 is 0. The molecule has 0 aliphatic heterocycles. The Bertz CT molecular complexity index is 1250. The lowest BCUT2D eigenvalue weighted by atomic mass is 10.2. The zero-order valence-corrected chi connectivity index (χ0v) is 18.2. The highest BCUT2D eigenvalue weighted by molar-refractivity contribution is 6.40. The Kier molecular flexibility index (Phi) is 7.24. The average Bonchev–Trinajstić information content (AvgIpc) is 3.28. The second-order valence-electron chi connectivity index (χ2n) is 6.74. The number of anilines is 2. The quantitative estimate of drug-likeness (QED) is 0.383. The third-order valence-corrected chi connectivity index (χ3v) is 5.01. The largest absolute Gasteiger partial charge is 0.383 e. The highest BCUT2D eigenvalue weighted by Crippen LogP contribution is 2.24. The maximum Gasteiger partial charge on any atom is 0.314 e. The van der Waals surface area contributed by atoms with Crippen LogP contribution in [0, 0.1) is 0 Å². The summed E-state index contributed by atoms with van der Waals surface area (Å²) in [6, 6.07) is 12.5. The number of benzene rings is 1. The van der Waals surface area contributed by atoms with Crippen LogP contribution >= 0.6 is 24.0 Å². The van der Waals surface area contributed by atoms with Crippen molar-refractivity contribution < 1.29 is 9.59 Å². The zero-order chi connectivity index (χ0) is 21.8. The molecule has 0 aliphatic carbocycles. The molecule has 0 saturated heterocycles. The summed E-state index contributed by atoms with van der Waals surface area (Å²) in [6.45, 7) is 0.278. The number of halogens is 2. The number of aromatic nitrogens is 4. The van der Waals surface area contributed by atoms with E-state index in [1.165, 1.54) is 17.3 Å². The maximum absolute atomic E-state index is 13.1. The van der Waals surface area contributed by atoms with Gasteiger partial charge in [-0.2, -0.15) is 5.10 Å². The SMILES string of the molecule is Cl.Nc1ncc(NC(=O)C(=O)N(Cc2ccccn2)Cc2ccccc2Cl)c2[nH]ncc12. The monoisotopic (exact) mass is 471 g/mol. The van der Waals surface area contributed by atoms with E-state index >= 15 is 0 Å². The number of H-pyrrole nitrogens is 1. The predicted octanol–water partition coefficient (Wildman–Crippen LogP) is 3.18. The van der Waals surface area contributed by atoms with E-state index < -0.39 is 11.8 Å². The summed E-state index contributed by atoms with van der Waals surface area (Å²) in [4.78, 5) is 35.6. The van der Waals surface area contributed by atoms with Crippen LogP contribution in [-0.2, 0) is 22.7 Å². The van der Waals surface area contributed by atoms with E-state index in [1.54, 1.807) is 36.5 Å². The molecule has 4 rings (SSSR count). The number of carbonyl (C=O) groups excluding carboxylic acids is 2. The van der Waals surface area contributed by atoms with Crippen LogP contribution in [0.2, 0.25) is 5.02 Å².